The summed E-state index contributed by atoms with van der Waals surface area (Å²) in [4.78, 5) is 11.7. The van der Waals surface area contributed by atoms with E-state index in [0.29, 0.717) is 5.25 Å². The van der Waals surface area contributed by atoms with Crippen LogP contribution in [0.5, 0.6) is 0 Å². The van der Waals surface area contributed by atoms with E-state index in [1.54, 1.807) is 0 Å². The lowest BCUT2D eigenvalue weighted by atomic mass is 10.1. The maximum absolute atomic E-state index is 11.7. The van der Waals surface area contributed by atoms with Crippen molar-refractivity contribution < 1.29 is 9.53 Å². The molecule has 1 N–H and O–H groups in total. The molecule has 0 bridgehead atoms. The lowest BCUT2D eigenvalue weighted by molar-refractivity contribution is -0.156. The first-order valence-corrected chi connectivity index (χ1v) is 7.51. The Morgan fingerprint density at radius 3 is 2.71 bits per heavy atom. The zero-order valence-corrected chi connectivity index (χ0v) is 12.2. The predicted molar refractivity (Wildman–Crippen MR) is 73.4 cm³/mol. The van der Waals surface area contributed by atoms with Crippen LogP contribution in [0.15, 0.2) is 0 Å². The molecule has 3 nitrogen and oxygen atoms in total. The van der Waals surface area contributed by atoms with Gasteiger partial charge in [0.2, 0.25) is 0 Å². The zero-order chi connectivity index (χ0) is 12.9. The lowest BCUT2D eigenvalue weighted by Gasteiger charge is -2.25. The zero-order valence-electron chi connectivity index (χ0n) is 11.4. The molecule has 0 aromatic heterocycles. The topological polar surface area (TPSA) is 38.3 Å². The van der Waals surface area contributed by atoms with Gasteiger partial charge in [-0.25, -0.2) is 0 Å². The second kappa shape index (κ2) is 6.64. The number of carbonyl (C=O) groups excluding carboxylic acids is 1. The molecule has 100 valence electrons. The van der Waals surface area contributed by atoms with Crippen LogP contribution in [0.25, 0.3) is 0 Å². The molecule has 0 amide bonds. The molecule has 0 aromatic rings. The number of rotatable bonds is 4. The lowest BCUT2D eigenvalue weighted by Crippen LogP contribution is -2.42. The summed E-state index contributed by atoms with van der Waals surface area (Å²) >= 11 is 2.02. The van der Waals surface area contributed by atoms with Crippen molar-refractivity contribution in [3.8, 4) is 0 Å². The van der Waals surface area contributed by atoms with Gasteiger partial charge in [-0.3, -0.25) is 4.79 Å². The van der Waals surface area contributed by atoms with E-state index in [1.807, 2.05) is 39.5 Å². The van der Waals surface area contributed by atoms with E-state index in [4.69, 9.17) is 4.74 Å². The number of hydrogen-bond donors (Lipinski definition) is 1. The van der Waals surface area contributed by atoms with Gasteiger partial charge in [-0.15, -0.1) is 0 Å². The second-order valence-electron chi connectivity index (χ2n) is 5.65. The number of esters is 1. The molecule has 0 aromatic carbocycles. The minimum Gasteiger partial charge on any atom is -0.459 e. The monoisotopic (exact) mass is 259 g/mol. The number of hydrogen-bond acceptors (Lipinski definition) is 4. The minimum absolute atomic E-state index is 0.154. The fourth-order valence-corrected chi connectivity index (χ4v) is 3.00. The number of carbonyl (C=O) groups is 1. The van der Waals surface area contributed by atoms with Crippen LogP contribution in [0.4, 0.5) is 0 Å². The molecule has 0 radical (unpaired) electrons. The maximum atomic E-state index is 11.7. The predicted octanol–water partition coefficient (Wildman–Crippen LogP) is 2.59. The van der Waals surface area contributed by atoms with Gasteiger partial charge in [0.05, 0.1) is 0 Å². The van der Waals surface area contributed by atoms with Crippen LogP contribution in [0.1, 0.15) is 47.0 Å². The Bertz CT molecular complexity index is 244. The third-order valence-corrected chi connectivity index (χ3v) is 4.08. The molecular weight excluding hydrogens is 234 g/mol. The second-order valence-corrected chi connectivity index (χ2v) is 7.06. The van der Waals surface area contributed by atoms with Crippen molar-refractivity contribution in [2.75, 3.05) is 12.3 Å². The first-order chi connectivity index (χ1) is 7.88. The van der Waals surface area contributed by atoms with E-state index in [-0.39, 0.29) is 12.0 Å². The summed E-state index contributed by atoms with van der Waals surface area (Å²) in [6.45, 7) is 8.48. The fraction of sp³-hybridized carbons (Fsp3) is 0.923. The van der Waals surface area contributed by atoms with Crippen LogP contribution in [0.3, 0.4) is 0 Å². The van der Waals surface area contributed by atoms with Gasteiger partial charge in [0, 0.05) is 11.8 Å². The largest absolute Gasteiger partial charge is 0.459 e. The van der Waals surface area contributed by atoms with Crippen LogP contribution in [0, 0.1) is 0 Å². The van der Waals surface area contributed by atoms with Gasteiger partial charge in [0.25, 0.3) is 0 Å². The van der Waals surface area contributed by atoms with Crippen molar-refractivity contribution in [1.29, 1.82) is 0 Å². The average molecular weight is 259 g/mol. The molecule has 0 aliphatic carbocycles. The number of nitrogens with one attached hydrogen (secondary N) is 1. The summed E-state index contributed by atoms with van der Waals surface area (Å²) < 4.78 is 5.33. The maximum Gasteiger partial charge on any atom is 0.323 e. The molecule has 1 aliphatic heterocycles. The summed E-state index contributed by atoms with van der Waals surface area (Å²) in [5, 5.41) is 3.94. The smallest absolute Gasteiger partial charge is 0.323 e. The van der Waals surface area contributed by atoms with Gasteiger partial charge in [-0.1, -0.05) is 6.42 Å². The van der Waals surface area contributed by atoms with Gasteiger partial charge in [0.15, 0.2) is 0 Å². The van der Waals surface area contributed by atoms with Gasteiger partial charge in [0.1, 0.15) is 11.6 Å². The van der Waals surface area contributed by atoms with E-state index >= 15 is 0 Å². The van der Waals surface area contributed by atoms with Crippen LogP contribution in [-0.4, -0.2) is 35.2 Å². The molecule has 1 rings (SSSR count). The van der Waals surface area contributed by atoms with Gasteiger partial charge >= 0.3 is 5.97 Å². The highest BCUT2D eigenvalue weighted by Crippen LogP contribution is 2.24. The minimum atomic E-state index is -0.396. The molecular formula is C13H25NO2S. The Morgan fingerprint density at radius 1 is 1.47 bits per heavy atom. The van der Waals surface area contributed by atoms with Crippen LogP contribution >= 0.6 is 11.8 Å². The molecule has 2 unspecified atom stereocenters. The van der Waals surface area contributed by atoms with Crippen LogP contribution < -0.4 is 5.32 Å². The summed E-state index contributed by atoms with van der Waals surface area (Å²) in [5.41, 5.74) is -0.396. The third-order valence-electron chi connectivity index (χ3n) is 2.69. The van der Waals surface area contributed by atoms with E-state index in [2.05, 4.69) is 5.32 Å². The van der Waals surface area contributed by atoms with E-state index in [1.165, 1.54) is 25.0 Å². The summed E-state index contributed by atoms with van der Waals surface area (Å²) in [6, 6.07) is -0.211. The molecule has 1 fully saturated rings. The van der Waals surface area contributed by atoms with Crippen molar-refractivity contribution in [2.45, 2.75) is 63.9 Å². The Balaban J connectivity index is 2.23. The van der Waals surface area contributed by atoms with Gasteiger partial charge < -0.3 is 10.1 Å². The van der Waals surface area contributed by atoms with Gasteiger partial charge in [-0.05, 0) is 46.3 Å². The number of thioether (sulfide) groups is 1. The average Bonchev–Trinajstić information content (AvgIpc) is 2.25. The number of ether oxygens (including phenoxy) is 1. The Morgan fingerprint density at radius 2 is 2.18 bits per heavy atom. The normalized spacial score (nSPS) is 23.2. The standard InChI is InChI=1S/C13H25NO2S/c1-10(12(15)16-13(2,3)4)14-9-11-7-5-6-8-17-11/h10-11,14H,5-9H2,1-4H3. The SMILES string of the molecule is CC(NCC1CCCCS1)C(=O)OC(C)(C)C. The molecule has 2 atom stereocenters. The molecule has 0 saturated carbocycles. The highest BCUT2D eigenvalue weighted by atomic mass is 32.2. The van der Waals surface area contributed by atoms with Gasteiger partial charge in [-0.2, -0.15) is 11.8 Å². The molecule has 1 aliphatic rings. The Labute approximate surface area is 109 Å². The van der Waals surface area contributed by atoms with Crippen molar-refractivity contribution in [1.82, 2.24) is 5.32 Å². The Hall–Kier alpha value is -0.220. The van der Waals surface area contributed by atoms with Crippen molar-refractivity contribution in [3.05, 3.63) is 0 Å². The van der Waals surface area contributed by atoms with E-state index < -0.39 is 5.60 Å². The Kier molecular flexibility index (Phi) is 5.80. The first kappa shape index (κ1) is 14.8. The molecule has 1 saturated heterocycles. The van der Waals surface area contributed by atoms with Crippen molar-refractivity contribution in [3.63, 3.8) is 0 Å². The first-order valence-electron chi connectivity index (χ1n) is 6.46. The van der Waals surface area contributed by atoms with Crippen LogP contribution in [-0.2, 0) is 9.53 Å². The summed E-state index contributed by atoms with van der Waals surface area (Å²) in [7, 11) is 0. The highest BCUT2D eigenvalue weighted by molar-refractivity contribution is 7.99. The van der Waals surface area contributed by atoms with Crippen LogP contribution in [0.2, 0.25) is 0 Å². The molecule has 17 heavy (non-hydrogen) atoms. The van der Waals surface area contributed by atoms with Crippen molar-refractivity contribution >= 4 is 17.7 Å². The van der Waals surface area contributed by atoms with Crippen molar-refractivity contribution in [2.24, 2.45) is 0 Å². The van der Waals surface area contributed by atoms with E-state index in [0.717, 1.165) is 6.54 Å². The van der Waals surface area contributed by atoms with E-state index in [9.17, 15) is 4.79 Å². The third kappa shape index (κ3) is 6.32. The molecule has 4 heteroatoms. The quantitative estimate of drug-likeness (QED) is 0.788. The fourth-order valence-electron chi connectivity index (χ4n) is 1.75. The summed E-state index contributed by atoms with van der Waals surface area (Å²) in [5.74, 6) is 1.10. The molecule has 1 heterocycles. The summed E-state index contributed by atoms with van der Waals surface area (Å²) in [6.07, 6.45) is 3.92. The molecule has 0 spiro atoms. The highest BCUT2D eigenvalue weighted by Gasteiger charge is 2.22.